The van der Waals surface area contributed by atoms with Crippen LogP contribution in [-0.4, -0.2) is 59.9 Å². The lowest BCUT2D eigenvalue weighted by Crippen LogP contribution is -2.32. The van der Waals surface area contributed by atoms with E-state index in [4.69, 9.17) is 4.74 Å². The van der Waals surface area contributed by atoms with Gasteiger partial charge in [0.1, 0.15) is 11.5 Å². The molecular formula is C26H32N2O4. The van der Waals surface area contributed by atoms with E-state index in [1.807, 2.05) is 64.0 Å². The van der Waals surface area contributed by atoms with E-state index in [0.717, 1.165) is 24.1 Å². The molecule has 1 atom stereocenters. The van der Waals surface area contributed by atoms with Crippen molar-refractivity contribution in [3.8, 4) is 5.75 Å². The van der Waals surface area contributed by atoms with Crippen LogP contribution < -0.4 is 4.74 Å². The summed E-state index contributed by atoms with van der Waals surface area (Å²) >= 11 is 0. The molecule has 32 heavy (non-hydrogen) atoms. The lowest BCUT2D eigenvalue weighted by Gasteiger charge is -2.26. The molecular weight excluding hydrogens is 404 g/mol. The fourth-order valence-electron chi connectivity index (χ4n) is 3.88. The van der Waals surface area contributed by atoms with Crippen LogP contribution in [0.5, 0.6) is 5.75 Å². The predicted octanol–water partition coefficient (Wildman–Crippen LogP) is 4.16. The van der Waals surface area contributed by atoms with Crippen molar-refractivity contribution in [2.24, 2.45) is 0 Å². The molecule has 1 saturated heterocycles. The van der Waals surface area contributed by atoms with Gasteiger partial charge in [0.25, 0.3) is 11.7 Å². The van der Waals surface area contributed by atoms with Crippen LogP contribution in [0.2, 0.25) is 0 Å². The van der Waals surface area contributed by atoms with Crippen LogP contribution in [0.25, 0.3) is 5.76 Å². The fourth-order valence-corrected chi connectivity index (χ4v) is 3.88. The second kappa shape index (κ2) is 10.0. The Labute approximate surface area is 190 Å². The largest absolute Gasteiger partial charge is 0.507 e. The smallest absolute Gasteiger partial charge is 0.295 e. The molecule has 2 aromatic rings. The number of carbonyl (C=O) groups is 2. The molecule has 0 aromatic heterocycles. The van der Waals surface area contributed by atoms with E-state index in [9.17, 15) is 14.7 Å². The van der Waals surface area contributed by atoms with Crippen LogP contribution in [-0.2, 0) is 9.59 Å². The lowest BCUT2D eigenvalue weighted by atomic mass is 9.94. The van der Waals surface area contributed by atoms with Crippen molar-refractivity contribution in [1.82, 2.24) is 9.80 Å². The van der Waals surface area contributed by atoms with Crippen molar-refractivity contribution in [1.29, 1.82) is 0 Å². The van der Waals surface area contributed by atoms with Gasteiger partial charge in [0.2, 0.25) is 0 Å². The monoisotopic (exact) mass is 436 g/mol. The van der Waals surface area contributed by atoms with Crippen LogP contribution in [0.1, 0.15) is 43.0 Å². The number of nitrogens with zero attached hydrogens (tertiary/aromatic N) is 2. The van der Waals surface area contributed by atoms with Gasteiger partial charge >= 0.3 is 0 Å². The fraction of sp³-hybridized carbons (Fsp3) is 0.385. The predicted molar refractivity (Wildman–Crippen MR) is 126 cm³/mol. The highest BCUT2D eigenvalue weighted by Crippen LogP contribution is 2.39. The number of aliphatic hydroxyl groups excluding tert-OH is 1. The van der Waals surface area contributed by atoms with Crippen LogP contribution in [0.3, 0.4) is 0 Å². The quantitative estimate of drug-likeness (QED) is 0.382. The third kappa shape index (κ3) is 5.19. The molecule has 6 nitrogen and oxygen atoms in total. The van der Waals surface area contributed by atoms with Gasteiger partial charge in [-0.25, -0.2) is 0 Å². The number of benzene rings is 2. The Bertz CT molecular complexity index is 991. The first-order chi connectivity index (χ1) is 15.2. The molecule has 3 rings (SSSR count). The molecule has 0 bridgehead atoms. The van der Waals surface area contributed by atoms with Gasteiger partial charge in [0, 0.05) is 12.1 Å². The number of aliphatic hydroxyl groups is 1. The average Bonchev–Trinajstić information content (AvgIpc) is 2.99. The SMILES string of the molecule is Cc1ccc([C@H]2C(=C(O)c3ccc(OC(C)C)cc3)C(=O)C(=O)N2CCCN(C)C)cc1. The minimum Gasteiger partial charge on any atom is -0.507 e. The van der Waals surface area contributed by atoms with Gasteiger partial charge in [-0.3, -0.25) is 9.59 Å². The van der Waals surface area contributed by atoms with E-state index >= 15 is 0 Å². The molecule has 1 aliphatic rings. The van der Waals surface area contributed by atoms with Crippen molar-refractivity contribution in [2.45, 2.75) is 39.3 Å². The summed E-state index contributed by atoms with van der Waals surface area (Å²) in [4.78, 5) is 29.6. The Hall–Kier alpha value is -3.12. The topological polar surface area (TPSA) is 70.1 Å². The number of aryl methyl sites for hydroxylation is 1. The highest BCUT2D eigenvalue weighted by atomic mass is 16.5. The van der Waals surface area contributed by atoms with E-state index in [2.05, 4.69) is 0 Å². The first kappa shape index (κ1) is 23.5. The number of amides is 1. The highest BCUT2D eigenvalue weighted by molar-refractivity contribution is 6.46. The van der Waals surface area contributed by atoms with E-state index < -0.39 is 17.7 Å². The molecule has 0 unspecified atom stereocenters. The second-order valence-corrected chi connectivity index (χ2v) is 8.75. The van der Waals surface area contributed by atoms with Gasteiger partial charge in [-0.2, -0.15) is 0 Å². The second-order valence-electron chi connectivity index (χ2n) is 8.75. The molecule has 1 heterocycles. The van der Waals surface area contributed by atoms with Crippen molar-refractivity contribution in [3.63, 3.8) is 0 Å². The standard InChI is InChI=1S/C26H32N2O4/c1-17(2)32-21-13-11-20(12-14-21)24(29)22-23(19-9-7-18(3)8-10-19)28(26(31)25(22)30)16-6-15-27(4)5/h7-14,17,23,29H,6,15-16H2,1-5H3/t23-/m0/s1. The number of carbonyl (C=O) groups excluding carboxylic acids is 2. The van der Waals surface area contributed by atoms with E-state index in [0.29, 0.717) is 17.9 Å². The Morgan fingerprint density at radius 3 is 2.25 bits per heavy atom. The summed E-state index contributed by atoms with van der Waals surface area (Å²) in [5.74, 6) is -0.716. The van der Waals surface area contributed by atoms with Crippen LogP contribution in [0.15, 0.2) is 54.1 Å². The molecule has 0 radical (unpaired) electrons. The molecule has 0 aliphatic carbocycles. The third-order valence-corrected chi connectivity index (χ3v) is 5.44. The number of likely N-dealkylation sites (tertiary alicyclic amines) is 1. The van der Waals surface area contributed by atoms with E-state index in [1.165, 1.54) is 0 Å². The van der Waals surface area contributed by atoms with Gasteiger partial charge in [-0.1, -0.05) is 29.8 Å². The van der Waals surface area contributed by atoms with E-state index in [1.54, 1.807) is 29.2 Å². The maximum atomic E-state index is 13.0. The minimum absolute atomic E-state index is 0.0310. The van der Waals surface area contributed by atoms with Crippen LogP contribution in [0.4, 0.5) is 0 Å². The molecule has 2 aromatic carbocycles. The zero-order chi connectivity index (χ0) is 23.4. The number of Topliss-reactive ketones (excluding diaryl/α,β-unsaturated/α-hetero) is 1. The van der Waals surface area contributed by atoms with Crippen LogP contribution >= 0.6 is 0 Å². The molecule has 0 spiro atoms. The molecule has 1 aliphatic heterocycles. The number of hydrogen-bond acceptors (Lipinski definition) is 5. The first-order valence-electron chi connectivity index (χ1n) is 11.0. The molecule has 1 fully saturated rings. The summed E-state index contributed by atoms with van der Waals surface area (Å²) in [6, 6.07) is 14.0. The Morgan fingerprint density at radius 1 is 1.06 bits per heavy atom. The van der Waals surface area contributed by atoms with Crippen LogP contribution in [0, 0.1) is 6.92 Å². The van der Waals surface area contributed by atoms with Crippen molar-refractivity contribution in [3.05, 3.63) is 70.8 Å². The number of ether oxygens (including phenoxy) is 1. The Balaban J connectivity index is 2.03. The summed E-state index contributed by atoms with van der Waals surface area (Å²) in [5, 5.41) is 11.1. The molecule has 1 N–H and O–H groups in total. The number of rotatable bonds is 8. The van der Waals surface area contributed by atoms with Gasteiger partial charge in [-0.05, 0) is 77.7 Å². The minimum atomic E-state index is -0.652. The van der Waals surface area contributed by atoms with Gasteiger partial charge in [-0.15, -0.1) is 0 Å². The maximum absolute atomic E-state index is 13.0. The van der Waals surface area contributed by atoms with Gasteiger partial charge in [0.05, 0.1) is 17.7 Å². The lowest BCUT2D eigenvalue weighted by molar-refractivity contribution is -0.139. The zero-order valence-electron chi connectivity index (χ0n) is 19.5. The average molecular weight is 437 g/mol. The molecule has 6 heteroatoms. The Kier molecular flexibility index (Phi) is 7.36. The summed E-state index contributed by atoms with van der Waals surface area (Å²) < 4.78 is 5.66. The Morgan fingerprint density at radius 2 is 1.69 bits per heavy atom. The van der Waals surface area contributed by atoms with E-state index in [-0.39, 0.29) is 17.4 Å². The molecule has 170 valence electrons. The normalized spacial score (nSPS) is 18.1. The zero-order valence-corrected chi connectivity index (χ0v) is 19.5. The van der Waals surface area contributed by atoms with Gasteiger partial charge in [0.15, 0.2) is 0 Å². The van der Waals surface area contributed by atoms with Crippen molar-refractivity contribution >= 4 is 17.4 Å². The van der Waals surface area contributed by atoms with Crippen molar-refractivity contribution in [2.75, 3.05) is 27.2 Å². The summed E-state index contributed by atoms with van der Waals surface area (Å²) in [6.07, 6.45) is 0.757. The number of hydrogen-bond donors (Lipinski definition) is 1. The third-order valence-electron chi connectivity index (χ3n) is 5.44. The summed E-state index contributed by atoms with van der Waals surface area (Å²) in [5.41, 5.74) is 2.49. The van der Waals surface area contributed by atoms with Gasteiger partial charge < -0.3 is 19.6 Å². The van der Waals surface area contributed by atoms with Crippen molar-refractivity contribution < 1.29 is 19.4 Å². The molecule has 0 saturated carbocycles. The maximum Gasteiger partial charge on any atom is 0.295 e. The summed E-state index contributed by atoms with van der Waals surface area (Å²) in [6.45, 7) is 7.08. The molecule has 1 amide bonds. The summed E-state index contributed by atoms with van der Waals surface area (Å²) in [7, 11) is 3.94. The number of ketones is 1. The first-order valence-corrected chi connectivity index (χ1v) is 11.0. The highest BCUT2D eigenvalue weighted by Gasteiger charge is 2.45.